The molecular formula is C11H20O2. The van der Waals surface area contributed by atoms with Crippen LogP contribution in [0.5, 0.6) is 0 Å². The van der Waals surface area contributed by atoms with Gasteiger partial charge in [0.05, 0.1) is 6.10 Å². The third kappa shape index (κ3) is 3.47. The molecule has 76 valence electrons. The third-order valence-corrected chi connectivity index (χ3v) is 2.89. The first kappa shape index (κ1) is 10.7. The number of aliphatic hydroxyl groups is 1. The quantitative estimate of drug-likeness (QED) is 0.728. The molecule has 1 N–H and O–H groups in total. The van der Waals surface area contributed by atoms with Crippen molar-refractivity contribution < 1.29 is 9.90 Å². The van der Waals surface area contributed by atoms with E-state index >= 15 is 0 Å². The van der Waals surface area contributed by atoms with Crippen molar-refractivity contribution in [1.82, 2.24) is 0 Å². The summed E-state index contributed by atoms with van der Waals surface area (Å²) >= 11 is 0. The Balaban J connectivity index is 2.29. The van der Waals surface area contributed by atoms with Gasteiger partial charge in [-0.05, 0) is 25.2 Å². The highest BCUT2D eigenvalue weighted by atomic mass is 16.3. The molecule has 0 saturated heterocycles. The molecule has 1 rings (SSSR count). The molecule has 0 aromatic carbocycles. The van der Waals surface area contributed by atoms with Gasteiger partial charge < -0.3 is 5.11 Å². The van der Waals surface area contributed by atoms with Gasteiger partial charge in [-0.15, -0.1) is 0 Å². The fraction of sp³-hybridized carbons (Fsp3) is 0.909. The highest BCUT2D eigenvalue weighted by Crippen LogP contribution is 2.27. The van der Waals surface area contributed by atoms with Gasteiger partial charge in [0, 0.05) is 12.8 Å². The maximum Gasteiger partial charge on any atom is 0.133 e. The average molecular weight is 184 g/mol. The van der Waals surface area contributed by atoms with Crippen molar-refractivity contribution >= 4 is 5.78 Å². The van der Waals surface area contributed by atoms with Crippen LogP contribution in [0.15, 0.2) is 0 Å². The van der Waals surface area contributed by atoms with E-state index in [2.05, 4.69) is 0 Å². The molecular weight excluding hydrogens is 164 g/mol. The van der Waals surface area contributed by atoms with E-state index in [1.807, 2.05) is 6.92 Å². The normalized spacial score (nSPS) is 28.8. The van der Waals surface area contributed by atoms with E-state index in [-0.39, 0.29) is 12.0 Å². The van der Waals surface area contributed by atoms with Crippen LogP contribution in [-0.2, 0) is 4.79 Å². The Labute approximate surface area is 80.3 Å². The number of hydrogen-bond acceptors (Lipinski definition) is 2. The van der Waals surface area contributed by atoms with E-state index in [4.69, 9.17) is 0 Å². The lowest BCUT2D eigenvalue weighted by Crippen LogP contribution is -2.26. The maximum absolute atomic E-state index is 11.3. The van der Waals surface area contributed by atoms with Crippen LogP contribution >= 0.6 is 0 Å². The summed E-state index contributed by atoms with van der Waals surface area (Å²) in [5, 5.41) is 9.63. The molecule has 1 aliphatic carbocycles. The molecule has 0 amide bonds. The molecule has 1 aliphatic rings. The Hall–Kier alpha value is -0.370. The minimum atomic E-state index is -0.213. The molecule has 0 aliphatic heterocycles. The van der Waals surface area contributed by atoms with Gasteiger partial charge in [-0.2, -0.15) is 0 Å². The Kier molecular flexibility index (Phi) is 4.43. The van der Waals surface area contributed by atoms with Crippen LogP contribution in [0.2, 0.25) is 0 Å². The molecule has 0 bridgehead atoms. The number of hydrogen-bond donors (Lipinski definition) is 1. The molecule has 2 heteroatoms. The lowest BCUT2D eigenvalue weighted by Gasteiger charge is -2.26. The Morgan fingerprint density at radius 3 is 2.69 bits per heavy atom. The summed E-state index contributed by atoms with van der Waals surface area (Å²) in [7, 11) is 0. The Morgan fingerprint density at radius 2 is 2.08 bits per heavy atom. The second kappa shape index (κ2) is 5.38. The zero-order chi connectivity index (χ0) is 9.68. The van der Waals surface area contributed by atoms with Crippen LogP contribution in [0.3, 0.4) is 0 Å². The number of carbonyl (C=O) groups excluding carboxylic acids is 1. The van der Waals surface area contributed by atoms with E-state index in [0.717, 1.165) is 25.7 Å². The van der Waals surface area contributed by atoms with Crippen molar-refractivity contribution in [2.45, 2.75) is 58.0 Å². The van der Waals surface area contributed by atoms with E-state index in [1.54, 1.807) is 0 Å². The summed E-state index contributed by atoms with van der Waals surface area (Å²) in [6.45, 7) is 2.02. The number of Topliss-reactive ketones (excluding diaryl/α,β-unsaturated/α-hetero) is 1. The second-order valence-electron chi connectivity index (χ2n) is 4.10. The topological polar surface area (TPSA) is 37.3 Å². The van der Waals surface area contributed by atoms with Crippen molar-refractivity contribution in [3.8, 4) is 0 Å². The summed E-state index contributed by atoms with van der Waals surface area (Å²) in [5.74, 6) is 0.584. The highest BCUT2D eigenvalue weighted by Gasteiger charge is 2.24. The lowest BCUT2D eigenvalue weighted by atomic mass is 9.83. The second-order valence-corrected chi connectivity index (χ2v) is 4.10. The van der Waals surface area contributed by atoms with Crippen molar-refractivity contribution in [2.75, 3.05) is 0 Å². The summed E-state index contributed by atoms with van der Waals surface area (Å²) < 4.78 is 0. The number of carbonyl (C=O) groups is 1. The first-order valence-corrected chi connectivity index (χ1v) is 5.43. The minimum Gasteiger partial charge on any atom is -0.393 e. The monoisotopic (exact) mass is 184 g/mol. The predicted molar refractivity (Wildman–Crippen MR) is 52.5 cm³/mol. The third-order valence-electron chi connectivity index (χ3n) is 2.89. The molecule has 0 radical (unpaired) electrons. The highest BCUT2D eigenvalue weighted by molar-refractivity contribution is 5.78. The molecule has 0 heterocycles. The van der Waals surface area contributed by atoms with Gasteiger partial charge in [-0.3, -0.25) is 4.79 Å². The van der Waals surface area contributed by atoms with Crippen molar-refractivity contribution in [2.24, 2.45) is 5.92 Å². The molecule has 1 saturated carbocycles. The summed E-state index contributed by atoms with van der Waals surface area (Å²) in [6.07, 6.45) is 6.25. The first-order valence-electron chi connectivity index (χ1n) is 5.43. The Morgan fingerprint density at radius 1 is 1.38 bits per heavy atom. The van der Waals surface area contributed by atoms with Gasteiger partial charge in [0.15, 0.2) is 0 Å². The number of aliphatic hydroxyl groups excluding tert-OH is 1. The van der Waals surface area contributed by atoms with Crippen molar-refractivity contribution in [3.05, 3.63) is 0 Å². The van der Waals surface area contributed by atoms with E-state index in [1.165, 1.54) is 6.42 Å². The smallest absolute Gasteiger partial charge is 0.133 e. The van der Waals surface area contributed by atoms with Crippen LogP contribution in [0.4, 0.5) is 0 Å². The number of ketones is 1. The minimum absolute atomic E-state index is 0.213. The predicted octanol–water partition coefficient (Wildman–Crippen LogP) is 2.30. The van der Waals surface area contributed by atoms with Crippen LogP contribution in [0.1, 0.15) is 51.9 Å². The maximum atomic E-state index is 11.3. The SMILES string of the molecule is CCCC(=O)CC1CCCCC1O. The summed E-state index contributed by atoms with van der Waals surface area (Å²) in [6, 6.07) is 0. The molecule has 2 atom stereocenters. The molecule has 0 aromatic rings. The van der Waals surface area contributed by atoms with Crippen LogP contribution in [0.25, 0.3) is 0 Å². The zero-order valence-corrected chi connectivity index (χ0v) is 8.46. The molecule has 13 heavy (non-hydrogen) atoms. The fourth-order valence-corrected chi connectivity index (χ4v) is 2.10. The largest absolute Gasteiger partial charge is 0.393 e. The van der Waals surface area contributed by atoms with Crippen molar-refractivity contribution in [1.29, 1.82) is 0 Å². The molecule has 0 spiro atoms. The Bertz CT molecular complexity index is 165. The van der Waals surface area contributed by atoms with Gasteiger partial charge >= 0.3 is 0 Å². The lowest BCUT2D eigenvalue weighted by molar-refractivity contribution is -0.121. The standard InChI is InChI=1S/C11H20O2/c1-2-5-10(12)8-9-6-3-4-7-11(9)13/h9,11,13H,2-8H2,1H3. The summed E-state index contributed by atoms with van der Waals surface area (Å²) in [5.41, 5.74) is 0. The van der Waals surface area contributed by atoms with Crippen LogP contribution < -0.4 is 0 Å². The fourth-order valence-electron chi connectivity index (χ4n) is 2.10. The van der Waals surface area contributed by atoms with E-state index < -0.39 is 0 Å². The van der Waals surface area contributed by atoms with Gasteiger partial charge in [-0.25, -0.2) is 0 Å². The van der Waals surface area contributed by atoms with Crippen LogP contribution in [-0.4, -0.2) is 17.0 Å². The molecule has 2 nitrogen and oxygen atoms in total. The van der Waals surface area contributed by atoms with Gasteiger partial charge in [0.25, 0.3) is 0 Å². The van der Waals surface area contributed by atoms with Crippen molar-refractivity contribution in [3.63, 3.8) is 0 Å². The average Bonchev–Trinajstić information content (AvgIpc) is 2.09. The van der Waals surface area contributed by atoms with Gasteiger partial charge in [0.1, 0.15) is 5.78 Å². The van der Waals surface area contributed by atoms with Gasteiger partial charge in [0.2, 0.25) is 0 Å². The molecule has 1 fully saturated rings. The molecule has 2 unspecified atom stereocenters. The zero-order valence-electron chi connectivity index (χ0n) is 8.46. The van der Waals surface area contributed by atoms with E-state index in [9.17, 15) is 9.90 Å². The first-order chi connectivity index (χ1) is 6.24. The molecule has 0 aromatic heterocycles. The van der Waals surface area contributed by atoms with E-state index in [0.29, 0.717) is 18.6 Å². The van der Waals surface area contributed by atoms with Crippen LogP contribution in [0, 0.1) is 5.92 Å². The summed E-state index contributed by atoms with van der Waals surface area (Å²) in [4.78, 5) is 11.3. The van der Waals surface area contributed by atoms with Gasteiger partial charge in [-0.1, -0.05) is 19.8 Å². The number of rotatable bonds is 4.